The lowest BCUT2D eigenvalue weighted by atomic mass is 9.91. The molecule has 2 aromatic heterocycles. The molecule has 7 nitrogen and oxygen atoms in total. The smallest absolute Gasteiger partial charge is 0.270 e. The van der Waals surface area contributed by atoms with Gasteiger partial charge in [-0.15, -0.1) is 0 Å². The zero-order chi connectivity index (χ0) is 19.0. The van der Waals surface area contributed by atoms with Crippen LogP contribution in [0.25, 0.3) is 10.9 Å². The van der Waals surface area contributed by atoms with Crippen LogP contribution in [0.2, 0.25) is 0 Å². The summed E-state index contributed by atoms with van der Waals surface area (Å²) in [5.74, 6) is 1.60. The maximum Gasteiger partial charge on any atom is 0.270 e. The number of amides is 1. The van der Waals surface area contributed by atoms with E-state index in [0.29, 0.717) is 38.2 Å². The van der Waals surface area contributed by atoms with Gasteiger partial charge in [-0.2, -0.15) is 0 Å². The van der Waals surface area contributed by atoms with Gasteiger partial charge in [0.25, 0.3) is 5.91 Å². The molecule has 1 saturated heterocycles. The molecule has 7 heteroatoms. The van der Waals surface area contributed by atoms with Gasteiger partial charge in [0, 0.05) is 42.5 Å². The van der Waals surface area contributed by atoms with Crippen LogP contribution in [0.5, 0.6) is 5.75 Å². The van der Waals surface area contributed by atoms with Gasteiger partial charge in [-0.1, -0.05) is 0 Å². The molecule has 27 heavy (non-hydrogen) atoms. The van der Waals surface area contributed by atoms with E-state index in [-0.39, 0.29) is 5.91 Å². The lowest BCUT2D eigenvalue weighted by Gasteiger charge is -2.38. The van der Waals surface area contributed by atoms with Gasteiger partial charge in [0.05, 0.1) is 19.3 Å². The number of rotatable bonds is 4. The number of aliphatic hydroxyl groups is 1. The Morgan fingerprint density at radius 3 is 2.78 bits per heavy atom. The fraction of sp³-hybridized carbons (Fsp3) is 0.400. The van der Waals surface area contributed by atoms with Crippen molar-refractivity contribution < 1.29 is 14.6 Å². The molecule has 0 unspecified atom stereocenters. The monoisotopic (exact) mass is 368 g/mol. The number of likely N-dealkylation sites (tertiary alicyclic amines) is 1. The third-order valence-electron chi connectivity index (χ3n) is 5.43. The largest absolute Gasteiger partial charge is 0.497 e. The normalized spacial score (nSPS) is 16.6. The van der Waals surface area contributed by atoms with Crippen LogP contribution in [0.4, 0.5) is 0 Å². The number of hydrogen-bond donors (Lipinski definition) is 2. The molecule has 3 heterocycles. The quantitative estimate of drug-likeness (QED) is 0.740. The summed E-state index contributed by atoms with van der Waals surface area (Å²) in [7, 11) is 1.62. The molecule has 0 radical (unpaired) electrons. The van der Waals surface area contributed by atoms with Gasteiger partial charge in [0.1, 0.15) is 17.3 Å². The van der Waals surface area contributed by atoms with E-state index in [1.807, 2.05) is 42.0 Å². The molecule has 0 spiro atoms. The number of carbonyl (C=O) groups excluding carboxylic acids is 1. The highest BCUT2D eigenvalue weighted by molar-refractivity contribution is 5.98. The summed E-state index contributed by atoms with van der Waals surface area (Å²) in [4.78, 5) is 22.1. The van der Waals surface area contributed by atoms with Crippen molar-refractivity contribution in [2.24, 2.45) is 0 Å². The maximum atomic E-state index is 12.9. The van der Waals surface area contributed by atoms with E-state index in [4.69, 9.17) is 4.74 Å². The van der Waals surface area contributed by atoms with Gasteiger partial charge in [0.2, 0.25) is 0 Å². The minimum Gasteiger partial charge on any atom is -0.497 e. The van der Waals surface area contributed by atoms with Crippen LogP contribution < -0.4 is 4.74 Å². The molecule has 1 aliphatic heterocycles. The fourth-order valence-corrected chi connectivity index (χ4v) is 3.69. The Hall–Kier alpha value is -2.80. The van der Waals surface area contributed by atoms with Crippen molar-refractivity contribution in [3.63, 3.8) is 0 Å². The third kappa shape index (κ3) is 3.42. The van der Waals surface area contributed by atoms with Crippen LogP contribution in [0.3, 0.4) is 0 Å². The van der Waals surface area contributed by atoms with Crippen molar-refractivity contribution >= 4 is 16.8 Å². The summed E-state index contributed by atoms with van der Waals surface area (Å²) < 4.78 is 7.19. The molecule has 0 atom stereocenters. The summed E-state index contributed by atoms with van der Waals surface area (Å²) in [6.07, 6.45) is 4.71. The second kappa shape index (κ2) is 6.74. The first-order valence-electron chi connectivity index (χ1n) is 9.14. The Bertz CT molecular complexity index is 967. The van der Waals surface area contributed by atoms with Crippen LogP contribution in [0, 0.1) is 6.92 Å². The van der Waals surface area contributed by atoms with E-state index in [1.54, 1.807) is 18.2 Å². The van der Waals surface area contributed by atoms with Gasteiger partial charge >= 0.3 is 0 Å². The highest BCUT2D eigenvalue weighted by Crippen LogP contribution is 2.27. The third-order valence-corrected chi connectivity index (χ3v) is 5.43. The van der Waals surface area contributed by atoms with Crippen molar-refractivity contribution in [2.45, 2.75) is 31.9 Å². The standard InChI is InChI=1S/C20H24N4O3/c1-14-21-7-10-24(14)13-20(26)5-8-23(9-6-20)19(25)18-11-15-3-4-16(27-2)12-17(15)22-18/h3-4,7,10-12,22,26H,5-6,8-9,13H2,1-2H3. The SMILES string of the molecule is COc1ccc2cc(C(=O)N3CCC(O)(Cn4ccnc4C)CC3)[nH]c2c1. The van der Waals surface area contributed by atoms with Gasteiger partial charge < -0.3 is 24.3 Å². The van der Waals surface area contributed by atoms with E-state index in [9.17, 15) is 9.90 Å². The number of benzene rings is 1. The molecule has 0 bridgehead atoms. The van der Waals surface area contributed by atoms with E-state index in [1.165, 1.54) is 0 Å². The number of hydrogen-bond acceptors (Lipinski definition) is 4. The zero-order valence-corrected chi connectivity index (χ0v) is 15.6. The number of carbonyl (C=O) groups is 1. The van der Waals surface area contributed by atoms with Crippen LogP contribution in [-0.4, -0.2) is 56.2 Å². The van der Waals surface area contributed by atoms with Crippen LogP contribution in [-0.2, 0) is 6.54 Å². The summed E-state index contributed by atoms with van der Waals surface area (Å²) in [5, 5.41) is 11.9. The molecular formula is C20H24N4O3. The molecule has 1 aliphatic rings. The number of nitrogens with one attached hydrogen (secondary N) is 1. The molecule has 0 aliphatic carbocycles. The first-order valence-corrected chi connectivity index (χ1v) is 9.14. The Morgan fingerprint density at radius 1 is 1.33 bits per heavy atom. The van der Waals surface area contributed by atoms with Gasteiger partial charge in [-0.05, 0) is 38.0 Å². The molecule has 1 amide bonds. The molecule has 2 N–H and O–H groups in total. The Kier molecular flexibility index (Phi) is 4.39. The molecule has 1 fully saturated rings. The number of H-pyrrole nitrogens is 1. The Morgan fingerprint density at radius 2 is 2.11 bits per heavy atom. The Balaban J connectivity index is 1.44. The topological polar surface area (TPSA) is 83.4 Å². The maximum absolute atomic E-state index is 12.9. The highest BCUT2D eigenvalue weighted by atomic mass is 16.5. The number of nitrogens with zero attached hydrogens (tertiary/aromatic N) is 3. The molecule has 1 aromatic carbocycles. The predicted octanol–water partition coefficient (Wildman–Crippen LogP) is 2.35. The first-order chi connectivity index (χ1) is 13.0. The van der Waals surface area contributed by atoms with Crippen molar-refractivity contribution in [1.29, 1.82) is 0 Å². The number of methoxy groups -OCH3 is 1. The lowest BCUT2D eigenvalue weighted by Crippen LogP contribution is -2.48. The van der Waals surface area contributed by atoms with Gasteiger partial charge in [0.15, 0.2) is 0 Å². The highest BCUT2D eigenvalue weighted by Gasteiger charge is 2.35. The van der Waals surface area contributed by atoms with Gasteiger partial charge in [-0.25, -0.2) is 4.98 Å². The van der Waals surface area contributed by atoms with Crippen LogP contribution in [0.1, 0.15) is 29.2 Å². The van der Waals surface area contributed by atoms with Crippen LogP contribution in [0.15, 0.2) is 36.7 Å². The predicted molar refractivity (Wildman–Crippen MR) is 102 cm³/mol. The molecular weight excluding hydrogens is 344 g/mol. The molecule has 3 aromatic rings. The van der Waals surface area contributed by atoms with E-state index in [0.717, 1.165) is 22.5 Å². The molecule has 0 saturated carbocycles. The number of aryl methyl sites for hydroxylation is 1. The number of fused-ring (bicyclic) bond motifs is 1. The second-order valence-electron chi connectivity index (χ2n) is 7.26. The number of aromatic nitrogens is 3. The van der Waals surface area contributed by atoms with Crippen molar-refractivity contribution in [1.82, 2.24) is 19.4 Å². The van der Waals surface area contributed by atoms with Crippen molar-refractivity contribution in [3.05, 3.63) is 48.2 Å². The minimum absolute atomic E-state index is 0.0361. The number of ether oxygens (including phenoxy) is 1. The van der Waals surface area contributed by atoms with E-state index in [2.05, 4.69) is 9.97 Å². The average Bonchev–Trinajstić information content (AvgIpc) is 3.27. The minimum atomic E-state index is -0.809. The number of imidazole rings is 1. The average molecular weight is 368 g/mol. The summed E-state index contributed by atoms with van der Waals surface area (Å²) in [6.45, 7) is 3.49. The number of aromatic amines is 1. The summed E-state index contributed by atoms with van der Waals surface area (Å²) >= 11 is 0. The second-order valence-corrected chi connectivity index (χ2v) is 7.26. The summed E-state index contributed by atoms with van der Waals surface area (Å²) in [5.41, 5.74) is 0.631. The molecule has 4 rings (SSSR count). The molecule has 142 valence electrons. The number of piperidine rings is 1. The van der Waals surface area contributed by atoms with E-state index >= 15 is 0 Å². The van der Waals surface area contributed by atoms with Gasteiger partial charge in [-0.3, -0.25) is 4.79 Å². The Labute approximate surface area is 157 Å². The lowest BCUT2D eigenvalue weighted by molar-refractivity contribution is -0.0296. The van der Waals surface area contributed by atoms with Crippen molar-refractivity contribution in [3.8, 4) is 5.75 Å². The van der Waals surface area contributed by atoms with Crippen molar-refractivity contribution in [2.75, 3.05) is 20.2 Å². The summed E-state index contributed by atoms with van der Waals surface area (Å²) in [6, 6.07) is 7.56. The van der Waals surface area contributed by atoms with E-state index < -0.39 is 5.60 Å². The fourth-order valence-electron chi connectivity index (χ4n) is 3.69. The first kappa shape index (κ1) is 17.6. The zero-order valence-electron chi connectivity index (χ0n) is 15.6. The van der Waals surface area contributed by atoms with Crippen LogP contribution >= 0.6 is 0 Å².